The first-order valence-electron chi connectivity index (χ1n) is 6.28. The van der Waals surface area contributed by atoms with E-state index < -0.39 is 0 Å². The van der Waals surface area contributed by atoms with Crippen molar-refractivity contribution in [3.63, 3.8) is 0 Å². The molecule has 1 aromatic rings. The van der Waals surface area contributed by atoms with E-state index in [1.807, 2.05) is 19.2 Å². The number of hydrogen-bond donors (Lipinski definition) is 1. The predicted octanol–water partition coefficient (Wildman–Crippen LogP) is 3.57. The molecule has 2 nitrogen and oxygen atoms in total. The molecule has 0 spiro atoms. The number of benzene rings is 1. The van der Waals surface area contributed by atoms with Gasteiger partial charge in [0.05, 0.1) is 6.61 Å². The van der Waals surface area contributed by atoms with E-state index in [-0.39, 0.29) is 0 Å². The minimum Gasteiger partial charge on any atom is -0.494 e. The largest absolute Gasteiger partial charge is 0.494 e. The van der Waals surface area contributed by atoms with Crippen LogP contribution in [0.4, 0.5) is 0 Å². The molecule has 3 heteroatoms. The van der Waals surface area contributed by atoms with Crippen LogP contribution in [0.1, 0.15) is 25.7 Å². The van der Waals surface area contributed by atoms with Gasteiger partial charge in [0.15, 0.2) is 0 Å². The third-order valence-electron chi connectivity index (χ3n) is 2.65. The van der Waals surface area contributed by atoms with Crippen LogP contribution in [0.2, 0.25) is 0 Å². The molecule has 0 saturated heterocycles. The molecular weight excluding hydrogens is 230 g/mol. The maximum atomic E-state index is 5.69. The van der Waals surface area contributed by atoms with Gasteiger partial charge in [-0.15, -0.1) is 11.8 Å². The highest BCUT2D eigenvalue weighted by Gasteiger charge is 1.95. The monoisotopic (exact) mass is 253 g/mol. The molecule has 0 bridgehead atoms. The lowest BCUT2D eigenvalue weighted by atomic mass is 10.2. The topological polar surface area (TPSA) is 21.3 Å². The summed E-state index contributed by atoms with van der Waals surface area (Å²) in [5.41, 5.74) is 0. The maximum absolute atomic E-state index is 5.69. The number of unbranched alkanes of at least 4 members (excludes halogenated alkanes) is 3. The number of nitrogens with one attached hydrogen (secondary N) is 1. The summed E-state index contributed by atoms with van der Waals surface area (Å²) in [6, 6.07) is 8.31. The van der Waals surface area contributed by atoms with Crippen LogP contribution in [-0.2, 0) is 0 Å². The number of ether oxygens (including phenoxy) is 1. The van der Waals surface area contributed by atoms with E-state index >= 15 is 0 Å². The van der Waals surface area contributed by atoms with Crippen LogP contribution in [-0.4, -0.2) is 26.5 Å². The van der Waals surface area contributed by atoms with Gasteiger partial charge < -0.3 is 10.1 Å². The van der Waals surface area contributed by atoms with Crippen LogP contribution in [0.15, 0.2) is 29.2 Å². The normalized spacial score (nSPS) is 10.5. The molecule has 0 aliphatic carbocycles. The third kappa shape index (κ3) is 6.59. The molecule has 0 aliphatic rings. The van der Waals surface area contributed by atoms with Crippen LogP contribution in [0.5, 0.6) is 5.75 Å². The van der Waals surface area contributed by atoms with Crippen molar-refractivity contribution in [2.45, 2.75) is 30.6 Å². The second-order valence-corrected chi connectivity index (χ2v) is 4.92. The fourth-order valence-electron chi connectivity index (χ4n) is 1.62. The molecular formula is C14H23NOS. The zero-order valence-electron chi connectivity index (χ0n) is 10.9. The van der Waals surface area contributed by atoms with E-state index in [0.717, 1.165) is 25.3 Å². The van der Waals surface area contributed by atoms with Crippen LogP contribution in [0.3, 0.4) is 0 Å². The van der Waals surface area contributed by atoms with Crippen LogP contribution >= 0.6 is 11.8 Å². The Morgan fingerprint density at radius 3 is 2.41 bits per heavy atom. The first kappa shape index (κ1) is 14.4. The molecule has 0 amide bonds. The first-order valence-corrected chi connectivity index (χ1v) is 7.50. The quantitative estimate of drug-likeness (QED) is 0.537. The molecule has 0 heterocycles. The molecule has 0 radical (unpaired) electrons. The smallest absolute Gasteiger partial charge is 0.119 e. The van der Waals surface area contributed by atoms with E-state index in [4.69, 9.17) is 4.74 Å². The first-order chi connectivity index (χ1) is 8.36. The highest BCUT2D eigenvalue weighted by atomic mass is 32.2. The minimum atomic E-state index is 0.832. The Morgan fingerprint density at radius 2 is 1.76 bits per heavy atom. The van der Waals surface area contributed by atoms with Crippen LogP contribution in [0.25, 0.3) is 0 Å². The maximum Gasteiger partial charge on any atom is 0.119 e. The van der Waals surface area contributed by atoms with Gasteiger partial charge in [-0.25, -0.2) is 0 Å². The van der Waals surface area contributed by atoms with Gasteiger partial charge in [0.1, 0.15) is 5.75 Å². The molecule has 1 aromatic carbocycles. The molecule has 1 rings (SSSR count). The number of thioether (sulfide) groups is 1. The van der Waals surface area contributed by atoms with Gasteiger partial charge in [0.25, 0.3) is 0 Å². The van der Waals surface area contributed by atoms with Gasteiger partial charge in [-0.3, -0.25) is 0 Å². The Bertz CT molecular complexity index is 287. The van der Waals surface area contributed by atoms with Crippen molar-refractivity contribution in [3.8, 4) is 5.75 Å². The molecule has 0 aliphatic heterocycles. The van der Waals surface area contributed by atoms with Crippen molar-refractivity contribution >= 4 is 11.8 Å². The zero-order valence-corrected chi connectivity index (χ0v) is 11.7. The van der Waals surface area contributed by atoms with Crippen molar-refractivity contribution in [1.82, 2.24) is 5.32 Å². The Morgan fingerprint density at radius 1 is 1.06 bits per heavy atom. The fraction of sp³-hybridized carbons (Fsp3) is 0.571. The average Bonchev–Trinajstić information content (AvgIpc) is 2.38. The van der Waals surface area contributed by atoms with E-state index in [0.29, 0.717) is 0 Å². The Labute approximate surface area is 109 Å². The molecule has 17 heavy (non-hydrogen) atoms. The van der Waals surface area contributed by atoms with Crippen molar-refractivity contribution < 1.29 is 4.74 Å². The lowest BCUT2D eigenvalue weighted by molar-refractivity contribution is 0.304. The molecule has 0 saturated carbocycles. The summed E-state index contributed by atoms with van der Waals surface area (Å²) in [5, 5.41) is 3.16. The average molecular weight is 253 g/mol. The Balaban J connectivity index is 2.05. The summed E-state index contributed by atoms with van der Waals surface area (Å²) in [6.45, 7) is 1.95. The third-order valence-corrected chi connectivity index (χ3v) is 3.39. The standard InChI is InChI=1S/C14H23NOS/c1-15-11-5-3-4-6-12-16-13-7-9-14(17-2)10-8-13/h7-10,15H,3-6,11-12H2,1-2H3. The summed E-state index contributed by atoms with van der Waals surface area (Å²) in [4.78, 5) is 1.28. The molecule has 0 unspecified atom stereocenters. The Kier molecular flexibility index (Phi) is 7.93. The Hall–Kier alpha value is -0.670. The molecule has 96 valence electrons. The van der Waals surface area contributed by atoms with E-state index in [2.05, 4.69) is 23.7 Å². The molecule has 1 N–H and O–H groups in total. The molecule has 0 aromatic heterocycles. The summed E-state index contributed by atoms with van der Waals surface area (Å²) in [6.07, 6.45) is 7.04. The summed E-state index contributed by atoms with van der Waals surface area (Å²) < 4.78 is 5.69. The highest BCUT2D eigenvalue weighted by molar-refractivity contribution is 7.98. The predicted molar refractivity (Wildman–Crippen MR) is 76.1 cm³/mol. The van der Waals surface area contributed by atoms with Crippen molar-refractivity contribution in [3.05, 3.63) is 24.3 Å². The van der Waals surface area contributed by atoms with Crippen molar-refractivity contribution in [2.75, 3.05) is 26.5 Å². The second kappa shape index (κ2) is 9.37. The van der Waals surface area contributed by atoms with Gasteiger partial charge in [0.2, 0.25) is 0 Å². The van der Waals surface area contributed by atoms with Gasteiger partial charge in [-0.2, -0.15) is 0 Å². The summed E-state index contributed by atoms with van der Waals surface area (Å²) >= 11 is 1.76. The summed E-state index contributed by atoms with van der Waals surface area (Å²) in [5.74, 6) is 0.984. The van der Waals surface area contributed by atoms with Crippen molar-refractivity contribution in [1.29, 1.82) is 0 Å². The lowest BCUT2D eigenvalue weighted by Gasteiger charge is -2.06. The lowest BCUT2D eigenvalue weighted by Crippen LogP contribution is -2.07. The zero-order chi connectivity index (χ0) is 12.3. The number of hydrogen-bond acceptors (Lipinski definition) is 3. The van der Waals surface area contributed by atoms with Crippen molar-refractivity contribution in [2.24, 2.45) is 0 Å². The number of rotatable bonds is 9. The second-order valence-electron chi connectivity index (χ2n) is 4.04. The molecule has 0 fully saturated rings. The van der Waals surface area contributed by atoms with Gasteiger partial charge >= 0.3 is 0 Å². The van der Waals surface area contributed by atoms with Gasteiger partial charge in [0, 0.05) is 4.90 Å². The SMILES string of the molecule is CNCCCCCCOc1ccc(SC)cc1. The van der Waals surface area contributed by atoms with Crippen LogP contribution in [0, 0.1) is 0 Å². The van der Waals surface area contributed by atoms with E-state index in [1.165, 1.54) is 24.2 Å². The minimum absolute atomic E-state index is 0.832. The van der Waals surface area contributed by atoms with Gasteiger partial charge in [-0.05, 0) is 57.0 Å². The van der Waals surface area contributed by atoms with E-state index in [9.17, 15) is 0 Å². The van der Waals surface area contributed by atoms with Gasteiger partial charge in [-0.1, -0.05) is 12.8 Å². The molecule has 0 atom stereocenters. The summed E-state index contributed by atoms with van der Waals surface area (Å²) in [7, 11) is 2.00. The highest BCUT2D eigenvalue weighted by Crippen LogP contribution is 2.19. The van der Waals surface area contributed by atoms with E-state index in [1.54, 1.807) is 11.8 Å². The fourth-order valence-corrected chi connectivity index (χ4v) is 2.03. The van der Waals surface area contributed by atoms with Crippen LogP contribution < -0.4 is 10.1 Å².